The van der Waals surface area contributed by atoms with Gasteiger partial charge in [-0.2, -0.15) is 0 Å². The van der Waals surface area contributed by atoms with E-state index in [1.807, 2.05) is 13.8 Å². The van der Waals surface area contributed by atoms with E-state index in [4.69, 9.17) is 22.1 Å². The Morgan fingerprint density at radius 2 is 1.90 bits per heavy atom. The van der Waals surface area contributed by atoms with Gasteiger partial charge in [0, 0.05) is 17.6 Å². The van der Waals surface area contributed by atoms with Crippen molar-refractivity contribution in [2.45, 2.75) is 38.8 Å². The number of carbonyl (C=O) groups excluding carboxylic acids is 3. The Morgan fingerprint density at radius 1 is 1.26 bits per heavy atom. The number of urea groups is 1. The number of sulfone groups is 1. The maximum absolute atomic E-state index is 12.7. The van der Waals surface area contributed by atoms with Gasteiger partial charge >= 0.3 is 12.0 Å². The lowest BCUT2D eigenvalue weighted by Gasteiger charge is -2.29. The van der Waals surface area contributed by atoms with Gasteiger partial charge in [-0.3, -0.25) is 9.59 Å². The number of hydrogen-bond donors (Lipinski definition) is 2. The highest BCUT2D eigenvalue weighted by atomic mass is 35.5. The summed E-state index contributed by atoms with van der Waals surface area (Å²) in [7, 11) is -3.17. The van der Waals surface area contributed by atoms with E-state index in [0.29, 0.717) is 23.6 Å². The van der Waals surface area contributed by atoms with Crippen LogP contribution in [0.2, 0.25) is 5.02 Å². The first kappa shape index (κ1) is 24.9. The molecule has 0 bridgehead atoms. The van der Waals surface area contributed by atoms with E-state index in [1.165, 1.54) is 4.90 Å². The molecule has 1 saturated heterocycles. The number of ether oxygens (including phenoxy) is 1. The molecule has 2 unspecified atom stereocenters. The maximum atomic E-state index is 12.7. The summed E-state index contributed by atoms with van der Waals surface area (Å²) >= 11 is 5.87. The zero-order chi connectivity index (χ0) is 23.2. The van der Waals surface area contributed by atoms with Gasteiger partial charge in [0.1, 0.15) is 0 Å². The number of hydrogen-bond acceptors (Lipinski definition) is 6. The number of halogens is 1. The second kappa shape index (κ2) is 10.8. The first-order valence-corrected chi connectivity index (χ1v) is 12.1. The average Bonchev–Trinajstić information content (AvgIpc) is 3.03. The standard InChI is InChI=1S/C20H28ClN3O6S/c1-13(2)10-24(16-7-8-31(28,29)12-16)18(25)11-30-19(26)9-17(23-20(22)27)14-3-5-15(21)6-4-14/h3-6,13,16-17H,7-12H2,1-2H3,(H3,22,23,27). The third kappa shape index (κ3) is 8.02. The van der Waals surface area contributed by atoms with Crippen LogP contribution >= 0.6 is 11.6 Å². The lowest BCUT2D eigenvalue weighted by atomic mass is 10.0. The van der Waals surface area contributed by atoms with Crippen molar-refractivity contribution in [3.05, 3.63) is 34.9 Å². The molecule has 11 heteroatoms. The number of amides is 3. The summed E-state index contributed by atoms with van der Waals surface area (Å²) in [4.78, 5) is 37.8. The van der Waals surface area contributed by atoms with Gasteiger partial charge in [-0.15, -0.1) is 0 Å². The van der Waals surface area contributed by atoms with E-state index in [0.717, 1.165) is 0 Å². The molecular formula is C20H28ClN3O6S. The van der Waals surface area contributed by atoms with Gasteiger partial charge in [0.25, 0.3) is 5.91 Å². The summed E-state index contributed by atoms with van der Waals surface area (Å²) in [5, 5.41) is 2.96. The van der Waals surface area contributed by atoms with E-state index >= 15 is 0 Å². The summed E-state index contributed by atoms with van der Waals surface area (Å²) in [5.41, 5.74) is 5.80. The van der Waals surface area contributed by atoms with Gasteiger partial charge in [0.05, 0.1) is 24.0 Å². The summed E-state index contributed by atoms with van der Waals surface area (Å²) in [6.07, 6.45) is 0.135. The molecule has 2 atom stereocenters. The van der Waals surface area contributed by atoms with Crippen molar-refractivity contribution in [1.29, 1.82) is 0 Å². The number of rotatable bonds is 9. The Kier molecular flexibility index (Phi) is 8.69. The number of nitrogens with zero attached hydrogens (tertiary/aromatic N) is 1. The molecular weight excluding hydrogens is 446 g/mol. The highest BCUT2D eigenvalue weighted by Gasteiger charge is 2.35. The Bertz CT molecular complexity index is 904. The van der Waals surface area contributed by atoms with E-state index in [2.05, 4.69) is 5.32 Å². The molecule has 1 aromatic carbocycles. The van der Waals surface area contributed by atoms with E-state index in [-0.39, 0.29) is 23.8 Å². The minimum Gasteiger partial charge on any atom is -0.455 e. The van der Waals surface area contributed by atoms with Crippen molar-refractivity contribution in [1.82, 2.24) is 10.2 Å². The number of primary amides is 1. The van der Waals surface area contributed by atoms with Crippen molar-refractivity contribution in [3.8, 4) is 0 Å². The van der Waals surface area contributed by atoms with Gasteiger partial charge in [-0.25, -0.2) is 13.2 Å². The number of nitrogens with one attached hydrogen (secondary N) is 1. The molecule has 3 N–H and O–H groups in total. The lowest BCUT2D eigenvalue weighted by molar-refractivity contribution is -0.153. The molecule has 0 radical (unpaired) electrons. The fourth-order valence-corrected chi connectivity index (χ4v) is 5.30. The SMILES string of the molecule is CC(C)CN(C(=O)COC(=O)CC(NC(N)=O)c1ccc(Cl)cc1)C1CCS(=O)(=O)C1. The molecule has 1 aliphatic rings. The quantitative estimate of drug-likeness (QED) is 0.523. The monoisotopic (exact) mass is 473 g/mol. The summed E-state index contributed by atoms with van der Waals surface area (Å²) < 4.78 is 28.8. The normalized spacial score (nSPS) is 18.4. The first-order valence-electron chi connectivity index (χ1n) is 9.94. The minimum atomic E-state index is -3.17. The molecule has 1 fully saturated rings. The number of nitrogens with two attached hydrogens (primary N) is 1. The van der Waals surface area contributed by atoms with Gasteiger partial charge in [0.2, 0.25) is 0 Å². The van der Waals surface area contributed by atoms with Gasteiger partial charge in [0.15, 0.2) is 16.4 Å². The molecule has 2 rings (SSSR count). The molecule has 0 spiro atoms. The fraction of sp³-hybridized carbons (Fsp3) is 0.550. The number of benzene rings is 1. The third-order valence-corrected chi connectivity index (χ3v) is 6.85. The van der Waals surface area contributed by atoms with E-state index < -0.39 is 46.4 Å². The third-order valence-electron chi connectivity index (χ3n) is 4.85. The second-order valence-electron chi connectivity index (χ2n) is 7.97. The molecule has 172 valence electrons. The Morgan fingerprint density at radius 3 is 2.42 bits per heavy atom. The van der Waals surface area contributed by atoms with E-state index in [1.54, 1.807) is 24.3 Å². The molecule has 0 aliphatic carbocycles. The summed E-state index contributed by atoms with van der Waals surface area (Å²) in [5.74, 6) is -1.07. The van der Waals surface area contributed by atoms with Crippen LogP contribution in [0.5, 0.6) is 0 Å². The molecule has 1 aromatic rings. The number of carbonyl (C=O) groups is 3. The fourth-order valence-electron chi connectivity index (χ4n) is 3.44. The van der Waals surface area contributed by atoms with Crippen molar-refractivity contribution >= 4 is 39.3 Å². The molecule has 3 amide bonds. The van der Waals surface area contributed by atoms with Crippen LogP contribution in [0.3, 0.4) is 0 Å². The highest BCUT2D eigenvalue weighted by molar-refractivity contribution is 7.91. The molecule has 9 nitrogen and oxygen atoms in total. The van der Waals surface area contributed by atoms with Crippen LogP contribution in [0.1, 0.15) is 38.3 Å². The van der Waals surface area contributed by atoms with Crippen LogP contribution in [-0.4, -0.2) is 61.9 Å². The Labute approximate surface area is 187 Å². The molecule has 0 aromatic heterocycles. The van der Waals surface area contributed by atoms with Gasteiger partial charge in [-0.05, 0) is 30.0 Å². The lowest BCUT2D eigenvalue weighted by Crippen LogP contribution is -2.45. The van der Waals surface area contributed by atoms with Crippen LogP contribution in [0.15, 0.2) is 24.3 Å². The predicted octanol–water partition coefficient (Wildman–Crippen LogP) is 1.65. The first-order chi connectivity index (χ1) is 14.5. The topological polar surface area (TPSA) is 136 Å². The van der Waals surface area contributed by atoms with Gasteiger partial charge in [-0.1, -0.05) is 37.6 Å². The highest BCUT2D eigenvalue weighted by Crippen LogP contribution is 2.21. The maximum Gasteiger partial charge on any atom is 0.312 e. The molecule has 31 heavy (non-hydrogen) atoms. The zero-order valence-corrected chi connectivity index (χ0v) is 19.1. The summed E-state index contributed by atoms with van der Waals surface area (Å²) in [6, 6.07) is 4.54. The van der Waals surface area contributed by atoms with Crippen molar-refractivity contribution < 1.29 is 27.5 Å². The Balaban J connectivity index is 1.99. The van der Waals surface area contributed by atoms with Crippen LogP contribution in [0.25, 0.3) is 0 Å². The smallest absolute Gasteiger partial charge is 0.312 e. The molecule has 0 saturated carbocycles. The van der Waals surface area contributed by atoms with Gasteiger partial charge < -0.3 is 20.7 Å². The number of esters is 1. The van der Waals surface area contributed by atoms with Crippen LogP contribution in [0.4, 0.5) is 4.79 Å². The van der Waals surface area contributed by atoms with Crippen LogP contribution < -0.4 is 11.1 Å². The zero-order valence-electron chi connectivity index (χ0n) is 17.5. The van der Waals surface area contributed by atoms with Crippen molar-refractivity contribution in [2.24, 2.45) is 11.7 Å². The van der Waals surface area contributed by atoms with Crippen molar-refractivity contribution in [3.63, 3.8) is 0 Å². The van der Waals surface area contributed by atoms with E-state index in [9.17, 15) is 22.8 Å². The molecule has 1 heterocycles. The Hall–Kier alpha value is -2.33. The largest absolute Gasteiger partial charge is 0.455 e. The van der Waals surface area contributed by atoms with Crippen LogP contribution in [0, 0.1) is 5.92 Å². The summed E-state index contributed by atoms with van der Waals surface area (Å²) in [6.45, 7) is 3.70. The molecule has 1 aliphatic heterocycles. The predicted molar refractivity (Wildman–Crippen MR) is 116 cm³/mol. The van der Waals surface area contributed by atoms with Crippen LogP contribution in [-0.2, 0) is 24.2 Å². The van der Waals surface area contributed by atoms with Crippen molar-refractivity contribution in [2.75, 3.05) is 24.7 Å². The second-order valence-corrected chi connectivity index (χ2v) is 10.6. The minimum absolute atomic E-state index is 0.0425. The average molecular weight is 474 g/mol.